The van der Waals surface area contributed by atoms with Crippen LogP contribution in [-0.4, -0.2) is 17.3 Å². The molecule has 19 heavy (non-hydrogen) atoms. The van der Waals surface area contributed by atoms with Crippen LogP contribution in [0.25, 0.3) is 0 Å². The van der Waals surface area contributed by atoms with E-state index in [0.29, 0.717) is 23.8 Å². The predicted octanol–water partition coefficient (Wildman–Crippen LogP) is 3.41. The van der Waals surface area contributed by atoms with Gasteiger partial charge < -0.3 is 16.2 Å². The molecule has 5 heteroatoms. The number of aliphatic hydroxyl groups is 1. The van der Waals surface area contributed by atoms with Gasteiger partial charge in [0.15, 0.2) is 0 Å². The molecule has 106 valence electrons. The van der Waals surface area contributed by atoms with Gasteiger partial charge >= 0.3 is 0 Å². The van der Waals surface area contributed by atoms with Gasteiger partial charge in [0, 0.05) is 12.6 Å². The molecule has 1 aliphatic rings. The molecule has 2 rings (SSSR count). The Morgan fingerprint density at radius 2 is 2.32 bits per heavy atom. The molecule has 0 aromatic heterocycles. The van der Waals surface area contributed by atoms with Gasteiger partial charge in [0.2, 0.25) is 0 Å². The van der Waals surface area contributed by atoms with E-state index in [1.165, 1.54) is 12.1 Å². The first-order valence-corrected chi connectivity index (χ1v) is 6.98. The fourth-order valence-electron chi connectivity index (χ4n) is 2.77. The molecule has 0 aliphatic heterocycles. The minimum atomic E-state index is -0.717. The summed E-state index contributed by atoms with van der Waals surface area (Å²) in [6.07, 6.45) is 3.74. The molecule has 2 atom stereocenters. The molecule has 2 unspecified atom stereocenters. The van der Waals surface area contributed by atoms with E-state index in [1.807, 2.05) is 0 Å². The molecule has 0 heterocycles. The third-order valence-corrected chi connectivity index (χ3v) is 4.06. The van der Waals surface area contributed by atoms with E-state index in [0.717, 1.165) is 25.7 Å². The zero-order valence-corrected chi connectivity index (χ0v) is 11.8. The lowest BCUT2D eigenvalue weighted by molar-refractivity contribution is -0.000747. The molecule has 1 aromatic carbocycles. The Morgan fingerprint density at radius 1 is 1.58 bits per heavy atom. The smallest absolute Gasteiger partial charge is 0.143 e. The van der Waals surface area contributed by atoms with Gasteiger partial charge in [-0.15, -0.1) is 0 Å². The van der Waals surface area contributed by atoms with Crippen molar-refractivity contribution in [3.63, 3.8) is 0 Å². The normalized spacial score (nSPS) is 27.3. The Kier molecular flexibility index (Phi) is 4.21. The number of anilines is 2. The van der Waals surface area contributed by atoms with Crippen LogP contribution in [0.15, 0.2) is 12.1 Å². The fourth-order valence-corrected chi connectivity index (χ4v) is 2.93. The third kappa shape index (κ3) is 3.51. The Morgan fingerprint density at radius 3 is 3.00 bits per heavy atom. The highest BCUT2D eigenvalue weighted by Gasteiger charge is 2.32. The van der Waals surface area contributed by atoms with Crippen molar-refractivity contribution in [2.24, 2.45) is 5.92 Å². The van der Waals surface area contributed by atoms with E-state index >= 15 is 0 Å². The van der Waals surface area contributed by atoms with E-state index in [4.69, 9.17) is 17.3 Å². The van der Waals surface area contributed by atoms with Crippen molar-refractivity contribution in [1.29, 1.82) is 0 Å². The van der Waals surface area contributed by atoms with Gasteiger partial charge in [0.05, 0.1) is 22.0 Å². The summed E-state index contributed by atoms with van der Waals surface area (Å²) in [4.78, 5) is 0. The highest BCUT2D eigenvalue weighted by Crippen LogP contribution is 2.33. The van der Waals surface area contributed by atoms with Crippen LogP contribution in [0.2, 0.25) is 5.02 Å². The Hall–Kier alpha value is -1.00. The van der Waals surface area contributed by atoms with Crippen molar-refractivity contribution in [2.45, 2.75) is 38.2 Å². The van der Waals surface area contributed by atoms with Gasteiger partial charge in [-0.05, 0) is 24.8 Å². The van der Waals surface area contributed by atoms with E-state index in [-0.39, 0.29) is 5.02 Å². The van der Waals surface area contributed by atoms with Crippen molar-refractivity contribution in [3.8, 4) is 0 Å². The Bertz CT molecular complexity index is 469. The van der Waals surface area contributed by atoms with Gasteiger partial charge in [-0.3, -0.25) is 0 Å². The second-order valence-electron chi connectivity index (χ2n) is 5.63. The number of benzene rings is 1. The molecule has 0 saturated heterocycles. The fraction of sp³-hybridized carbons (Fsp3) is 0.571. The highest BCUT2D eigenvalue weighted by molar-refractivity contribution is 6.31. The topological polar surface area (TPSA) is 58.3 Å². The average molecular weight is 287 g/mol. The number of rotatable bonds is 3. The van der Waals surface area contributed by atoms with Crippen LogP contribution in [0.5, 0.6) is 0 Å². The van der Waals surface area contributed by atoms with Crippen molar-refractivity contribution in [2.75, 3.05) is 17.6 Å². The second kappa shape index (κ2) is 5.55. The summed E-state index contributed by atoms with van der Waals surface area (Å²) in [5.41, 5.74) is 5.88. The van der Waals surface area contributed by atoms with Gasteiger partial charge in [0.25, 0.3) is 0 Å². The van der Waals surface area contributed by atoms with Crippen molar-refractivity contribution >= 4 is 23.0 Å². The van der Waals surface area contributed by atoms with Crippen LogP contribution in [0.3, 0.4) is 0 Å². The largest absolute Gasteiger partial charge is 0.397 e. The Balaban J connectivity index is 2.04. The van der Waals surface area contributed by atoms with Gasteiger partial charge in [-0.2, -0.15) is 0 Å². The highest BCUT2D eigenvalue weighted by atomic mass is 35.5. The molecule has 1 saturated carbocycles. The van der Waals surface area contributed by atoms with Crippen LogP contribution < -0.4 is 11.1 Å². The molecule has 0 radical (unpaired) electrons. The van der Waals surface area contributed by atoms with E-state index in [2.05, 4.69) is 12.2 Å². The lowest BCUT2D eigenvalue weighted by Crippen LogP contribution is -2.41. The summed E-state index contributed by atoms with van der Waals surface area (Å²) >= 11 is 5.73. The quantitative estimate of drug-likeness (QED) is 0.746. The van der Waals surface area contributed by atoms with Crippen LogP contribution in [0.4, 0.5) is 15.8 Å². The van der Waals surface area contributed by atoms with Crippen LogP contribution in [0, 0.1) is 11.7 Å². The number of hydrogen-bond acceptors (Lipinski definition) is 3. The minimum Gasteiger partial charge on any atom is -0.397 e. The molecule has 1 fully saturated rings. The van der Waals surface area contributed by atoms with Gasteiger partial charge in [-0.25, -0.2) is 4.39 Å². The summed E-state index contributed by atoms with van der Waals surface area (Å²) in [6, 6.07) is 2.65. The number of nitrogens with two attached hydrogens (primary N) is 1. The maximum Gasteiger partial charge on any atom is 0.143 e. The molecule has 0 bridgehead atoms. The summed E-state index contributed by atoms with van der Waals surface area (Å²) in [5, 5.41) is 13.6. The van der Waals surface area contributed by atoms with Gasteiger partial charge in [-0.1, -0.05) is 31.4 Å². The summed E-state index contributed by atoms with van der Waals surface area (Å²) in [7, 11) is 0. The second-order valence-corrected chi connectivity index (χ2v) is 6.04. The van der Waals surface area contributed by atoms with Gasteiger partial charge in [0.1, 0.15) is 5.82 Å². The van der Waals surface area contributed by atoms with Crippen LogP contribution in [0.1, 0.15) is 32.6 Å². The third-order valence-electron chi connectivity index (χ3n) is 3.77. The summed E-state index contributed by atoms with van der Waals surface area (Å²) < 4.78 is 13.2. The first-order chi connectivity index (χ1) is 8.89. The number of halogens is 2. The number of nitrogen functional groups attached to an aromatic ring is 1. The molecular weight excluding hydrogens is 267 g/mol. The molecule has 1 aromatic rings. The first-order valence-electron chi connectivity index (χ1n) is 6.60. The number of hydrogen-bond donors (Lipinski definition) is 3. The lowest BCUT2D eigenvalue weighted by atomic mass is 9.79. The summed E-state index contributed by atoms with van der Waals surface area (Å²) in [6.45, 7) is 2.55. The molecular formula is C14H20ClFN2O. The maximum atomic E-state index is 13.2. The van der Waals surface area contributed by atoms with E-state index in [1.54, 1.807) is 0 Å². The zero-order chi connectivity index (χ0) is 14.0. The molecule has 1 aliphatic carbocycles. The van der Waals surface area contributed by atoms with E-state index in [9.17, 15) is 9.50 Å². The zero-order valence-electron chi connectivity index (χ0n) is 11.0. The standard InChI is InChI=1S/C14H20ClFN2O/c1-9-3-2-4-14(19,7-9)8-18-13-5-10(15)11(16)6-12(13)17/h5-6,9,18-19H,2-4,7-8,17H2,1H3. The number of nitrogens with one attached hydrogen (secondary N) is 1. The average Bonchev–Trinajstić information content (AvgIpc) is 2.32. The first kappa shape index (κ1) is 14.4. The molecule has 0 amide bonds. The van der Waals surface area contributed by atoms with Crippen LogP contribution in [-0.2, 0) is 0 Å². The minimum absolute atomic E-state index is 0.0284. The van der Waals surface area contributed by atoms with E-state index < -0.39 is 11.4 Å². The van der Waals surface area contributed by atoms with Crippen molar-refractivity contribution in [3.05, 3.63) is 23.0 Å². The summed E-state index contributed by atoms with van der Waals surface area (Å²) in [5.74, 6) is -0.00980. The van der Waals surface area contributed by atoms with Crippen LogP contribution >= 0.6 is 11.6 Å². The Labute approximate surface area is 117 Å². The predicted molar refractivity (Wildman–Crippen MR) is 76.9 cm³/mol. The maximum absolute atomic E-state index is 13.2. The molecule has 4 N–H and O–H groups in total. The van der Waals surface area contributed by atoms with Crippen molar-refractivity contribution < 1.29 is 9.50 Å². The SMILES string of the molecule is CC1CCCC(O)(CNc2cc(Cl)c(F)cc2N)C1. The monoisotopic (exact) mass is 286 g/mol. The lowest BCUT2D eigenvalue weighted by Gasteiger charge is -2.36. The molecule has 0 spiro atoms. The van der Waals surface area contributed by atoms with Crippen molar-refractivity contribution in [1.82, 2.24) is 0 Å². The molecule has 3 nitrogen and oxygen atoms in total.